The maximum Gasteiger partial charge on any atom is 0.194 e. The Morgan fingerprint density at radius 2 is 1.53 bits per heavy atom. The van der Waals surface area contributed by atoms with Gasteiger partial charge >= 0.3 is 0 Å². The van der Waals surface area contributed by atoms with Gasteiger partial charge in [0, 0.05) is 24.4 Å². The molecule has 4 heteroatoms. The van der Waals surface area contributed by atoms with Gasteiger partial charge in [-0.2, -0.15) is 0 Å². The van der Waals surface area contributed by atoms with Crippen LogP contribution in [0.3, 0.4) is 0 Å². The minimum Gasteiger partial charge on any atom is -0.381 e. The van der Waals surface area contributed by atoms with Crippen LogP contribution in [0, 0.1) is 17.5 Å². The number of anilines is 1. The first-order valence-corrected chi connectivity index (χ1v) is 6.07. The van der Waals surface area contributed by atoms with E-state index in [4.69, 9.17) is 0 Å². The molecule has 0 aliphatic rings. The van der Waals surface area contributed by atoms with Crippen molar-refractivity contribution in [2.75, 3.05) is 5.32 Å². The fourth-order valence-corrected chi connectivity index (χ4v) is 1.93. The molecule has 0 aromatic heterocycles. The molecule has 0 atom stereocenters. The van der Waals surface area contributed by atoms with Crippen LogP contribution in [-0.4, -0.2) is 0 Å². The second kappa shape index (κ2) is 5.78. The Balaban J connectivity index is 2.15. The third-order valence-corrected chi connectivity index (χ3v) is 2.97. The topological polar surface area (TPSA) is 12.0 Å². The highest BCUT2D eigenvalue weighted by Gasteiger charge is 2.10. The Morgan fingerprint density at radius 3 is 2.11 bits per heavy atom. The van der Waals surface area contributed by atoms with Crippen LogP contribution in [0.15, 0.2) is 36.4 Å². The number of nitrogens with one attached hydrogen (secondary N) is 1. The van der Waals surface area contributed by atoms with Gasteiger partial charge in [0.1, 0.15) is 0 Å². The van der Waals surface area contributed by atoms with Gasteiger partial charge in [-0.1, -0.05) is 31.2 Å². The van der Waals surface area contributed by atoms with Crippen molar-refractivity contribution in [3.63, 3.8) is 0 Å². The van der Waals surface area contributed by atoms with Crippen LogP contribution in [0.4, 0.5) is 18.9 Å². The summed E-state index contributed by atoms with van der Waals surface area (Å²) in [6.07, 6.45) is 0.879. The maximum atomic E-state index is 13.1. The lowest BCUT2D eigenvalue weighted by molar-refractivity contribution is 0.447. The number of hydrogen-bond acceptors (Lipinski definition) is 1. The normalized spacial score (nSPS) is 10.5. The van der Waals surface area contributed by atoms with Crippen LogP contribution in [0.5, 0.6) is 0 Å². The minimum absolute atomic E-state index is 0.224. The zero-order chi connectivity index (χ0) is 13.8. The standard InChI is InChI=1S/C15H14F3N/c1-2-10-5-3-4-6-11(10)9-19-12-7-13(16)15(18)14(17)8-12/h3-8,19H,2,9H2,1H3. The molecule has 0 spiro atoms. The van der Waals surface area contributed by atoms with Crippen molar-refractivity contribution in [1.29, 1.82) is 0 Å². The van der Waals surface area contributed by atoms with E-state index >= 15 is 0 Å². The van der Waals surface area contributed by atoms with E-state index in [1.165, 1.54) is 0 Å². The van der Waals surface area contributed by atoms with E-state index in [2.05, 4.69) is 5.32 Å². The minimum atomic E-state index is -1.44. The van der Waals surface area contributed by atoms with Gasteiger partial charge in [-0.05, 0) is 17.5 Å². The molecule has 1 N–H and O–H groups in total. The highest BCUT2D eigenvalue weighted by molar-refractivity contribution is 5.45. The summed E-state index contributed by atoms with van der Waals surface area (Å²) in [4.78, 5) is 0. The van der Waals surface area contributed by atoms with Crippen molar-refractivity contribution < 1.29 is 13.2 Å². The van der Waals surface area contributed by atoms with E-state index in [0.717, 1.165) is 29.7 Å². The van der Waals surface area contributed by atoms with Crippen LogP contribution >= 0.6 is 0 Å². The summed E-state index contributed by atoms with van der Waals surface area (Å²) in [7, 11) is 0. The number of hydrogen-bond donors (Lipinski definition) is 1. The Kier molecular flexibility index (Phi) is 4.10. The van der Waals surface area contributed by atoms with Gasteiger partial charge in [0.15, 0.2) is 17.5 Å². The van der Waals surface area contributed by atoms with Gasteiger partial charge in [0.25, 0.3) is 0 Å². The summed E-state index contributed by atoms with van der Waals surface area (Å²) in [5.74, 6) is -3.82. The van der Waals surface area contributed by atoms with Crippen molar-refractivity contribution >= 4 is 5.69 Å². The Morgan fingerprint density at radius 1 is 0.947 bits per heavy atom. The zero-order valence-electron chi connectivity index (χ0n) is 10.5. The van der Waals surface area contributed by atoms with Gasteiger partial charge in [0.2, 0.25) is 0 Å². The fourth-order valence-electron chi connectivity index (χ4n) is 1.93. The maximum absolute atomic E-state index is 13.1. The second-order valence-electron chi connectivity index (χ2n) is 4.23. The molecule has 0 fully saturated rings. The molecule has 0 radical (unpaired) electrons. The first-order valence-electron chi connectivity index (χ1n) is 6.07. The molecule has 2 aromatic carbocycles. The first-order chi connectivity index (χ1) is 9.11. The first kappa shape index (κ1) is 13.5. The Hall–Kier alpha value is -1.97. The van der Waals surface area contributed by atoms with Crippen molar-refractivity contribution in [1.82, 2.24) is 0 Å². The van der Waals surface area contributed by atoms with Gasteiger partial charge in [-0.15, -0.1) is 0 Å². The number of rotatable bonds is 4. The molecule has 2 rings (SSSR count). The third kappa shape index (κ3) is 3.08. The van der Waals surface area contributed by atoms with Crippen molar-refractivity contribution in [3.05, 3.63) is 65.0 Å². The van der Waals surface area contributed by atoms with Gasteiger partial charge < -0.3 is 5.32 Å². The lowest BCUT2D eigenvalue weighted by Gasteiger charge is -2.10. The van der Waals surface area contributed by atoms with E-state index in [0.29, 0.717) is 6.54 Å². The molecule has 0 amide bonds. The smallest absolute Gasteiger partial charge is 0.194 e. The summed E-state index contributed by atoms with van der Waals surface area (Å²) in [6, 6.07) is 9.70. The van der Waals surface area contributed by atoms with Crippen LogP contribution in [0.2, 0.25) is 0 Å². The summed E-state index contributed by atoms with van der Waals surface area (Å²) in [5, 5.41) is 2.90. The predicted octanol–water partition coefficient (Wildman–Crippen LogP) is 4.28. The highest BCUT2D eigenvalue weighted by Crippen LogP contribution is 2.19. The molecule has 0 saturated carbocycles. The molecule has 0 unspecified atom stereocenters. The molecule has 0 aliphatic carbocycles. The zero-order valence-corrected chi connectivity index (χ0v) is 10.5. The quantitative estimate of drug-likeness (QED) is 0.814. The van der Waals surface area contributed by atoms with E-state index in [1.807, 2.05) is 31.2 Å². The van der Waals surface area contributed by atoms with E-state index in [-0.39, 0.29) is 5.69 Å². The predicted molar refractivity (Wildman–Crippen MR) is 69.5 cm³/mol. The third-order valence-electron chi connectivity index (χ3n) is 2.97. The molecular weight excluding hydrogens is 251 g/mol. The average molecular weight is 265 g/mol. The van der Waals surface area contributed by atoms with Crippen molar-refractivity contribution in [3.8, 4) is 0 Å². The van der Waals surface area contributed by atoms with Gasteiger partial charge in [-0.3, -0.25) is 0 Å². The van der Waals surface area contributed by atoms with E-state index in [1.54, 1.807) is 0 Å². The highest BCUT2D eigenvalue weighted by atomic mass is 19.2. The Bertz CT molecular complexity index is 558. The monoisotopic (exact) mass is 265 g/mol. The molecule has 2 aromatic rings. The molecule has 1 nitrogen and oxygen atoms in total. The summed E-state index contributed by atoms with van der Waals surface area (Å²) in [5.41, 5.74) is 2.44. The summed E-state index contributed by atoms with van der Waals surface area (Å²) < 4.78 is 38.9. The van der Waals surface area contributed by atoms with Crippen LogP contribution in [0.1, 0.15) is 18.1 Å². The number of aryl methyl sites for hydroxylation is 1. The SMILES string of the molecule is CCc1ccccc1CNc1cc(F)c(F)c(F)c1. The molecule has 0 saturated heterocycles. The average Bonchev–Trinajstić information content (AvgIpc) is 2.42. The lowest BCUT2D eigenvalue weighted by atomic mass is 10.1. The second-order valence-corrected chi connectivity index (χ2v) is 4.23. The van der Waals surface area contributed by atoms with E-state index < -0.39 is 17.5 Å². The summed E-state index contributed by atoms with van der Waals surface area (Å²) >= 11 is 0. The van der Waals surface area contributed by atoms with Crippen LogP contribution < -0.4 is 5.32 Å². The molecule has 100 valence electrons. The Labute approximate surface area is 110 Å². The van der Waals surface area contributed by atoms with Crippen LogP contribution in [-0.2, 0) is 13.0 Å². The van der Waals surface area contributed by atoms with E-state index in [9.17, 15) is 13.2 Å². The summed E-state index contributed by atoms with van der Waals surface area (Å²) in [6.45, 7) is 2.48. The fraction of sp³-hybridized carbons (Fsp3) is 0.200. The van der Waals surface area contributed by atoms with Gasteiger partial charge in [-0.25, -0.2) is 13.2 Å². The van der Waals surface area contributed by atoms with Crippen molar-refractivity contribution in [2.24, 2.45) is 0 Å². The molecule has 0 heterocycles. The van der Waals surface area contributed by atoms with Crippen LogP contribution in [0.25, 0.3) is 0 Å². The molecule has 0 bridgehead atoms. The molecule has 0 aliphatic heterocycles. The van der Waals surface area contributed by atoms with Crippen molar-refractivity contribution in [2.45, 2.75) is 19.9 Å². The van der Waals surface area contributed by atoms with Gasteiger partial charge in [0.05, 0.1) is 0 Å². The molecular formula is C15H14F3N. The largest absolute Gasteiger partial charge is 0.381 e. The number of benzene rings is 2. The lowest BCUT2D eigenvalue weighted by Crippen LogP contribution is -2.04. The molecule has 19 heavy (non-hydrogen) atoms. The number of halogens is 3.